The summed E-state index contributed by atoms with van der Waals surface area (Å²) in [7, 11) is -4.05. The van der Waals surface area contributed by atoms with Crippen LogP contribution in [0, 0.1) is 5.92 Å². The lowest BCUT2D eigenvalue weighted by atomic mass is 9.89. The maximum absolute atomic E-state index is 13.2. The van der Waals surface area contributed by atoms with Crippen molar-refractivity contribution in [2.75, 3.05) is 18.6 Å². The molecule has 1 unspecified atom stereocenters. The molecule has 1 heterocycles. The number of nitrogens with zero attached hydrogens (tertiary/aromatic N) is 2. The smallest absolute Gasteiger partial charge is 0.328 e. The second kappa shape index (κ2) is 13.5. The van der Waals surface area contributed by atoms with Gasteiger partial charge in [-0.05, 0) is 42.2 Å². The first kappa shape index (κ1) is 29.2. The molecule has 2 aromatic carbocycles. The van der Waals surface area contributed by atoms with Crippen molar-refractivity contribution in [3.05, 3.63) is 71.8 Å². The SMILES string of the molecule is CCc1nc(C(C)CSC)cn1Cc1ccc(-c2ccccc2S(=O)(=O)NC(=O)NCC2CCCCC2)cc1. The second-order valence-electron chi connectivity index (χ2n) is 10.4. The molecule has 9 heteroatoms. The van der Waals surface area contributed by atoms with Gasteiger partial charge < -0.3 is 9.88 Å². The third kappa shape index (κ3) is 7.66. The minimum absolute atomic E-state index is 0.0841. The van der Waals surface area contributed by atoms with Gasteiger partial charge in [0, 0.05) is 42.9 Å². The van der Waals surface area contributed by atoms with Gasteiger partial charge in [-0.25, -0.2) is 22.9 Å². The summed E-state index contributed by atoms with van der Waals surface area (Å²) in [5, 5.41) is 2.76. The molecule has 1 atom stereocenters. The molecule has 0 spiro atoms. The Morgan fingerprint density at radius 2 is 1.82 bits per heavy atom. The molecule has 0 saturated heterocycles. The maximum atomic E-state index is 13.2. The van der Waals surface area contributed by atoms with Crippen molar-refractivity contribution >= 4 is 27.8 Å². The zero-order valence-electron chi connectivity index (χ0n) is 23.2. The van der Waals surface area contributed by atoms with E-state index in [9.17, 15) is 13.2 Å². The van der Waals surface area contributed by atoms with Gasteiger partial charge in [-0.3, -0.25) is 0 Å². The van der Waals surface area contributed by atoms with Crippen LogP contribution in [0.25, 0.3) is 11.1 Å². The molecule has 0 bridgehead atoms. The van der Waals surface area contributed by atoms with Gasteiger partial charge in [0.25, 0.3) is 10.0 Å². The summed E-state index contributed by atoms with van der Waals surface area (Å²) < 4.78 is 30.8. The molecular formula is C30H40N4O3S2. The van der Waals surface area contributed by atoms with E-state index in [4.69, 9.17) is 4.98 Å². The quantitative estimate of drug-likeness (QED) is 0.288. The number of hydrogen-bond donors (Lipinski definition) is 2. The second-order valence-corrected chi connectivity index (χ2v) is 13.0. The summed E-state index contributed by atoms with van der Waals surface area (Å²) in [6, 6.07) is 14.0. The molecule has 4 rings (SSSR count). The monoisotopic (exact) mass is 568 g/mol. The summed E-state index contributed by atoms with van der Waals surface area (Å²) in [4.78, 5) is 17.4. The number of aryl methyl sites for hydroxylation is 1. The van der Waals surface area contributed by atoms with E-state index < -0.39 is 16.1 Å². The fourth-order valence-corrected chi connectivity index (χ4v) is 7.07. The molecule has 210 valence electrons. The van der Waals surface area contributed by atoms with Gasteiger partial charge in [0.05, 0.1) is 10.6 Å². The van der Waals surface area contributed by atoms with E-state index >= 15 is 0 Å². The van der Waals surface area contributed by atoms with Crippen molar-refractivity contribution in [2.24, 2.45) is 5.92 Å². The molecule has 1 aromatic heterocycles. The van der Waals surface area contributed by atoms with Crippen LogP contribution >= 0.6 is 11.8 Å². The molecule has 2 N–H and O–H groups in total. The Hall–Kier alpha value is -2.78. The van der Waals surface area contributed by atoms with Crippen LogP contribution < -0.4 is 10.0 Å². The van der Waals surface area contributed by atoms with Crippen molar-refractivity contribution < 1.29 is 13.2 Å². The first-order valence-corrected chi connectivity index (χ1v) is 16.7. The van der Waals surface area contributed by atoms with Crippen molar-refractivity contribution in [1.82, 2.24) is 19.6 Å². The predicted octanol–water partition coefficient (Wildman–Crippen LogP) is 6.20. The van der Waals surface area contributed by atoms with Crippen LogP contribution in [-0.4, -0.2) is 42.6 Å². The normalized spacial score (nSPS) is 15.2. The van der Waals surface area contributed by atoms with Gasteiger partial charge in [0.1, 0.15) is 5.82 Å². The topological polar surface area (TPSA) is 93.1 Å². The van der Waals surface area contributed by atoms with Crippen LogP contribution in [0.15, 0.2) is 59.6 Å². The summed E-state index contributed by atoms with van der Waals surface area (Å²) in [5.74, 6) is 2.91. The van der Waals surface area contributed by atoms with Gasteiger partial charge in [0.15, 0.2) is 0 Å². The van der Waals surface area contributed by atoms with Gasteiger partial charge >= 0.3 is 6.03 Å². The number of benzene rings is 2. The molecule has 7 nitrogen and oxygen atoms in total. The number of thioether (sulfide) groups is 1. The van der Waals surface area contributed by atoms with Crippen LogP contribution in [0.3, 0.4) is 0 Å². The highest BCUT2D eigenvalue weighted by Gasteiger charge is 2.23. The van der Waals surface area contributed by atoms with E-state index in [-0.39, 0.29) is 4.90 Å². The summed E-state index contributed by atoms with van der Waals surface area (Å²) >= 11 is 1.83. The standard InChI is InChI=1S/C30H40N4O3S2/c1-4-29-32-27(22(2)21-38-3)20-34(29)19-24-14-16-25(17-15-24)26-12-8-9-13-28(26)39(36,37)33-30(35)31-18-23-10-6-5-7-11-23/h8-9,12-17,20,22-23H,4-7,10-11,18-19,21H2,1-3H3,(H2,31,33,35). The Labute approximate surface area is 237 Å². The molecule has 0 radical (unpaired) electrons. The number of hydrogen-bond acceptors (Lipinski definition) is 5. The first-order chi connectivity index (χ1) is 18.8. The van der Waals surface area contributed by atoms with E-state index in [1.165, 1.54) is 25.3 Å². The van der Waals surface area contributed by atoms with Crippen molar-refractivity contribution in [3.63, 3.8) is 0 Å². The van der Waals surface area contributed by atoms with E-state index in [1.54, 1.807) is 12.1 Å². The number of carbonyl (C=O) groups is 1. The number of amides is 2. The maximum Gasteiger partial charge on any atom is 0.328 e. The zero-order chi connectivity index (χ0) is 27.8. The van der Waals surface area contributed by atoms with E-state index in [0.717, 1.165) is 47.7 Å². The zero-order valence-corrected chi connectivity index (χ0v) is 24.8. The van der Waals surface area contributed by atoms with Crippen LogP contribution in [-0.2, 0) is 23.0 Å². The van der Waals surface area contributed by atoms with Crippen LogP contribution in [0.4, 0.5) is 4.79 Å². The molecule has 1 aliphatic carbocycles. The van der Waals surface area contributed by atoms with E-state index in [2.05, 4.69) is 40.9 Å². The Balaban J connectivity index is 1.46. The average molecular weight is 569 g/mol. The summed E-state index contributed by atoms with van der Waals surface area (Å²) in [5.41, 5.74) is 3.56. The molecule has 0 aliphatic heterocycles. The largest absolute Gasteiger partial charge is 0.337 e. The molecular weight excluding hydrogens is 528 g/mol. The van der Waals surface area contributed by atoms with Crippen molar-refractivity contribution in [3.8, 4) is 11.1 Å². The lowest BCUT2D eigenvalue weighted by Crippen LogP contribution is -2.41. The molecule has 1 aliphatic rings. The minimum atomic E-state index is -4.05. The van der Waals surface area contributed by atoms with Crippen LogP contribution in [0.2, 0.25) is 0 Å². The molecule has 1 fully saturated rings. The Kier molecular flexibility index (Phi) is 10.1. The average Bonchev–Trinajstić information content (AvgIpc) is 3.36. The number of nitrogens with one attached hydrogen (secondary N) is 2. The fraction of sp³-hybridized carbons (Fsp3) is 0.467. The summed E-state index contributed by atoms with van der Waals surface area (Å²) in [6.07, 6.45) is 10.8. The third-order valence-electron chi connectivity index (χ3n) is 7.41. The highest BCUT2D eigenvalue weighted by molar-refractivity contribution is 7.98. The number of rotatable bonds is 11. The fourth-order valence-electron chi connectivity index (χ4n) is 5.24. The highest BCUT2D eigenvalue weighted by atomic mass is 32.2. The highest BCUT2D eigenvalue weighted by Crippen LogP contribution is 2.28. The van der Waals surface area contributed by atoms with Gasteiger partial charge in [-0.2, -0.15) is 11.8 Å². The number of urea groups is 1. The van der Waals surface area contributed by atoms with Crippen LogP contribution in [0.1, 0.15) is 69.0 Å². The van der Waals surface area contributed by atoms with Crippen LogP contribution in [0.5, 0.6) is 0 Å². The van der Waals surface area contributed by atoms with Gasteiger partial charge in [0.2, 0.25) is 0 Å². The van der Waals surface area contributed by atoms with Crippen molar-refractivity contribution in [1.29, 1.82) is 0 Å². The lowest BCUT2D eigenvalue weighted by Gasteiger charge is -2.21. The van der Waals surface area contributed by atoms with E-state index in [0.29, 0.717) is 30.5 Å². The number of carbonyl (C=O) groups excluding carboxylic acids is 1. The van der Waals surface area contributed by atoms with Crippen molar-refractivity contribution in [2.45, 2.75) is 69.7 Å². The van der Waals surface area contributed by atoms with E-state index in [1.807, 2.05) is 42.1 Å². The van der Waals surface area contributed by atoms with Gasteiger partial charge in [-0.1, -0.05) is 75.6 Å². The predicted molar refractivity (Wildman–Crippen MR) is 160 cm³/mol. The van der Waals surface area contributed by atoms with Gasteiger partial charge in [-0.15, -0.1) is 0 Å². The summed E-state index contributed by atoms with van der Waals surface area (Å²) in [6.45, 7) is 5.52. The lowest BCUT2D eigenvalue weighted by molar-refractivity contribution is 0.241. The first-order valence-electron chi connectivity index (χ1n) is 13.8. The minimum Gasteiger partial charge on any atom is -0.337 e. The molecule has 3 aromatic rings. The molecule has 1 saturated carbocycles. The Morgan fingerprint density at radius 1 is 1.10 bits per heavy atom. The number of aromatic nitrogens is 2. The molecule has 2 amide bonds. The number of imidazole rings is 1. The Morgan fingerprint density at radius 3 is 2.51 bits per heavy atom. The third-order valence-corrected chi connectivity index (χ3v) is 9.64. The molecule has 39 heavy (non-hydrogen) atoms. The Bertz CT molecular complexity index is 1350. The number of sulfonamides is 1.